The maximum atomic E-state index is 13.5. The van der Waals surface area contributed by atoms with Crippen LogP contribution in [0.15, 0.2) is 66.7 Å². The largest absolute Gasteiger partial charge is 0.392 e. The summed E-state index contributed by atoms with van der Waals surface area (Å²) < 4.78 is 26.7. The molecule has 0 radical (unpaired) electrons. The van der Waals surface area contributed by atoms with E-state index in [1.165, 1.54) is 48.5 Å². The van der Waals surface area contributed by atoms with Gasteiger partial charge in [0.15, 0.2) is 5.78 Å². The minimum absolute atomic E-state index is 0.316. The van der Waals surface area contributed by atoms with E-state index in [1.54, 1.807) is 18.2 Å². The normalized spacial score (nSPS) is 13.2. The van der Waals surface area contributed by atoms with E-state index in [0.29, 0.717) is 40.7 Å². The third-order valence-corrected chi connectivity index (χ3v) is 5.56. The molecule has 6 heteroatoms. The predicted molar refractivity (Wildman–Crippen MR) is 119 cm³/mol. The number of nitrogens with zero attached hydrogens (tertiary/aromatic N) is 1. The van der Waals surface area contributed by atoms with E-state index < -0.39 is 23.8 Å². The van der Waals surface area contributed by atoms with Gasteiger partial charge in [-0.25, -0.2) is 8.78 Å². The van der Waals surface area contributed by atoms with Crippen molar-refractivity contribution >= 4 is 5.78 Å². The van der Waals surface area contributed by atoms with Crippen LogP contribution < -0.4 is 0 Å². The van der Waals surface area contributed by atoms with E-state index in [2.05, 4.69) is 0 Å². The monoisotopic (exact) mass is 439 g/mol. The Morgan fingerprint density at radius 3 is 2.03 bits per heavy atom. The molecule has 0 spiro atoms. The van der Waals surface area contributed by atoms with Gasteiger partial charge in [0.05, 0.1) is 6.61 Å². The molecule has 1 unspecified atom stereocenters. The van der Waals surface area contributed by atoms with E-state index in [4.69, 9.17) is 0 Å². The zero-order valence-electron chi connectivity index (χ0n) is 18.2. The molecule has 0 aromatic heterocycles. The molecule has 0 saturated carbocycles. The molecule has 0 saturated heterocycles. The van der Waals surface area contributed by atoms with Crippen molar-refractivity contribution in [1.29, 1.82) is 0 Å². The Morgan fingerprint density at radius 2 is 1.47 bits per heavy atom. The third kappa shape index (κ3) is 5.27. The van der Waals surface area contributed by atoms with Crippen LogP contribution in [0.25, 0.3) is 0 Å². The summed E-state index contributed by atoms with van der Waals surface area (Å²) in [5, 5.41) is 21.8. The lowest BCUT2D eigenvalue weighted by atomic mass is 9.79. The molecule has 3 aromatic rings. The van der Waals surface area contributed by atoms with Crippen LogP contribution in [0.4, 0.5) is 8.78 Å². The summed E-state index contributed by atoms with van der Waals surface area (Å²) in [6.07, 6.45) is 0.997. The maximum absolute atomic E-state index is 13.5. The molecule has 0 fully saturated rings. The van der Waals surface area contributed by atoms with Crippen molar-refractivity contribution < 1.29 is 23.8 Å². The lowest BCUT2D eigenvalue weighted by Gasteiger charge is -2.32. The first-order chi connectivity index (χ1) is 15.2. The van der Waals surface area contributed by atoms with Crippen molar-refractivity contribution in [2.45, 2.75) is 25.0 Å². The van der Waals surface area contributed by atoms with E-state index in [0.717, 1.165) is 6.54 Å². The van der Waals surface area contributed by atoms with Crippen LogP contribution in [0, 0.1) is 11.6 Å². The molecule has 0 heterocycles. The first-order valence-electron chi connectivity index (χ1n) is 10.4. The number of hydrogen-bond acceptors (Lipinski definition) is 4. The molecule has 4 nitrogen and oxygen atoms in total. The standard InChI is InChI=1S/C26H27F2NO3/c1-29(2)15-3-14-26(32,21-7-11-23(28)12-8-21)24-13-6-19(16-20(24)17-30)25(31)18-4-9-22(27)10-5-18/h4-13,16,30,32H,3,14-15,17H2,1-2H3. The molecule has 0 bridgehead atoms. The predicted octanol–water partition coefficient (Wildman–Crippen LogP) is 4.27. The Hall–Kier alpha value is -2.93. The number of aliphatic hydroxyl groups is 2. The fraction of sp³-hybridized carbons (Fsp3) is 0.269. The van der Waals surface area contributed by atoms with Gasteiger partial charge in [-0.3, -0.25) is 4.79 Å². The molecule has 0 aliphatic carbocycles. The van der Waals surface area contributed by atoms with Gasteiger partial charge in [-0.05, 0) is 92.6 Å². The van der Waals surface area contributed by atoms with Gasteiger partial charge in [0.1, 0.15) is 17.2 Å². The number of carbonyl (C=O) groups is 1. The summed E-state index contributed by atoms with van der Waals surface area (Å²) in [5.74, 6) is -1.16. The average Bonchev–Trinajstić information content (AvgIpc) is 2.78. The summed E-state index contributed by atoms with van der Waals surface area (Å²) in [6, 6.07) is 15.6. The van der Waals surface area contributed by atoms with E-state index in [-0.39, 0.29) is 5.78 Å². The fourth-order valence-corrected chi connectivity index (χ4v) is 3.85. The number of ketones is 1. The van der Waals surface area contributed by atoms with Gasteiger partial charge in [-0.1, -0.05) is 24.3 Å². The number of benzene rings is 3. The summed E-state index contributed by atoms with van der Waals surface area (Å²) in [7, 11) is 3.87. The highest BCUT2D eigenvalue weighted by Gasteiger charge is 2.33. The highest BCUT2D eigenvalue weighted by Crippen LogP contribution is 2.37. The third-order valence-electron chi connectivity index (χ3n) is 5.56. The van der Waals surface area contributed by atoms with Crippen LogP contribution in [0.3, 0.4) is 0 Å². The molecular weight excluding hydrogens is 412 g/mol. The topological polar surface area (TPSA) is 60.8 Å². The van der Waals surface area contributed by atoms with E-state index >= 15 is 0 Å². The summed E-state index contributed by atoms with van der Waals surface area (Å²) in [5.41, 5.74) is 0.529. The first-order valence-corrected chi connectivity index (χ1v) is 10.4. The fourth-order valence-electron chi connectivity index (χ4n) is 3.85. The van der Waals surface area contributed by atoms with Gasteiger partial charge in [-0.15, -0.1) is 0 Å². The van der Waals surface area contributed by atoms with Crippen molar-refractivity contribution in [2.24, 2.45) is 0 Å². The van der Waals surface area contributed by atoms with Gasteiger partial charge in [0.2, 0.25) is 0 Å². The number of aliphatic hydroxyl groups excluding tert-OH is 1. The van der Waals surface area contributed by atoms with Crippen LogP contribution in [-0.4, -0.2) is 41.5 Å². The molecule has 3 aromatic carbocycles. The zero-order valence-corrected chi connectivity index (χ0v) is 18.2. The Morgan fingerprint density at radius 1 is 0.906 bits per heavy atom. The average molecular weight is 440 g/mol. The van der Waals surface area contributed by atoms with E-state index in [9.17, 15) is 23.8 Å². The van der Waals surface area contributed by atoms with Crippen LogP contribution >= 0.6 is 0 Å². The van der Waals surface area contributed by atoms with Gasteiger partial charge in [-0.2, -0.15) is 0 Å². The second-order valence-electron chi connectivity index (χ2n) is 8.14. The SMILES string of the molecule is CN(C)CCCC(O)(c1ccc(F)cc1)c1ccc(C(=O)c2ccc(F)cc2)cc1CO. The molecule has 168 valence electrons. The Labute approximate surface area is 186 Å². The van der Waals surface area contributed by atoms with Crippen molar-refractivity contribution in [1.82, 2.24) is 4.90 Å². The molecular formula is C26H27F2NO3. The molecule has 0 amide bonds. The van der Waals surface area contributed by atoms with Crippen molar-refractivity contribution in [3.63, 3.8) is 0 Å². The van der Waals surface area contributed by atoms with Crippen LogP contribution in [-0.2, 0) is 12.2 Å². The molecule has 0 aliphatic heterocycles. The van der Waals surface area contributed by atoms with Crippen molar-refractivity contribution in [3.8, 4) is 0 Å². The molecule has 1 atom stereocenters. The summed E-state index contributed by atoms with van der Waals surface area (Å²) in [6.45, 7) is 0.343. The Balaban J connectivity index is 2.02. The lowest BCUT2D eigenvalue weighted by Crippen LogP contribution is -2.30. The minimum Gasteiger partial charge on any atom is -0.392 e. The second kappa shape index (κ2) is 10.1. The van der Waals surface area contributed by atoms with E-state index in [1.807, 2.05) is 19.0 Å². The molecule has 3 rings (SSSR count). The van der Waals surface area contributed by atoms with Crippen LogP contribution in [0.5, 0.6) is 0 Å². The number of hydrogen-bond donors (Lipinski definition) is 2. The smallest absolute Gasteiger partial charge is 0.193 e. The van der Waals surface area contributed by atoms with Gasteiger partial charge >= 0.3 is 0 Å². The summed E-state index contributed by atoms with van der Waals surface area (Å²) >= 11 is 0. The second-order valence-corrected chi connectivity index (χ2v) is 8.14. The van der Waals surface area contributed by atoms with Gasteiger partial charge < -0.3 is 15.1 Å². The van der Waals surface area contributed by atoms with Gasteiger partial charge in [0.25, 0.3) is 0 Å². The van der Waals surface area contributed by atoms with Crippen LogP contribution in [0.2, 0.25) is 0 Å². The van der Waals surface area contributed by atoms with Gasteiger partial charge in [0, 0.05) is 11.1 Å². The van der Waals surface area contributed by atoms with Crippen LogP contribution in [0.1, 0.15) is 45.5 Å². The number of halogens is 2. The Bertz CT molecular complexity index is 1070. The first kappa shape index (κ1) is 23.7. The highest BCUT2D eigenvalue weighted by atomic mass is 19.1. The summed E-state index contributed by atoms with van der Waals surface area (Å²) in [4.78, 5) is 14.8. The molecule has 0 aliphatic rings. The molecule has 2 N–H and O–H groups in total. The van der Waals surface area contributed by atoms with Crippen molar-refractivity contribution in [2.75, 3.05) is 20.6 Å². The maximum Gasteiger partial charge on any atom is 0.193 e. The number of rotatable bonds is 9. The number of carbonyl (C=O) groups excluding carboxylic acids is 1. The minimum atomic E-state index is -1.47. The Kier molecular flexibility index (Phi) is 7.51. The highest BCUT2D eigenvalue weighted by molar-refractivity contribution is 6.09. The quantitative estimate of drug-likeness (QED) is 0.489. The van der Waals surface area contributed by atoms with Crippen molar-refractivity contribution in [3.05, 3.63) is 106 Å². The zero-order chi connectivity index (χ0) is 23.3. The molecule has 32 heavy (non-hydrogen) atoms. The lowest BCUT2D eigenvalue weighted by molar-refractivity contribution is 0.0640.